The SMILES string of the molecule is CC1(CNS(=O)(=O)c2ccc(C#N)cc2Cl)CCCS1. The molecule has 1 aromatic rings. The quantitative estimate of drug-likeness (QED) is 0.921. The fourth-order valence-corrected chi connectivity index (χ4v) is 5.14. The summed E-state index contributed by atoms with van der Waals surface area (Å²) in [4.78, 5) is 0.0183. The molecule has 0 aromatic heterocycles. The first-order valence-corrected chi connectivity index (χ1v) is 9.04. The maximum absolute atomic E-state index is 12.3. The lowest BCUT2D eigenvalue weighted by Crippen LogP contribution is -2.36. The maximum atomic E-state index is 12.3. The Morgan fingerprint density at radius 2 is 2.30 bits per heavy atom. The Labute approximate surface area is 128 Å². The normalized spacial score (nSPS) is 22.6. The zero-order valence-corrected chi connectivity index (χ0v) is 13.4. The fourth-order valence-electron chi connectivity index (χ4n) is 2.09. The van der Waals surface area contributed by atoms with Gasteiger partial charge in [0, 0.05) is 11.3 Å². The molecule has 1 aromatic carbocycles. The van der Waals surface area contributed by atoms with E-state index in [2.05, 4.69) is 11.6 Å². The highest BCUT2D eigenvalue weighted by molar-refractivity contribution is 8.01. The summed E-state index contributed by atoms with van der Waals surface area (Å²) in [5, 5.41) is 8.83. The van der Waals surface area contributed by atoms with Crippen LogP contribution in [0.3, 0.4) is 0 Å². The minimum atomic E-state index is -3.65. The van der Waals surface area contributed by atoms with Crippen molar-refractivity contribution in [1.29, 1.82) is 5.26 Å². The zero-order valence-electron chi connectivity index (χ0n) is 11.0. The number of nitrogens with zero attached hydrogens (tertiary/aromatic N) is 1. The average Bonchev–Trinajstić information content (AvgIpc) is 2.84. The molecule has 0 saturated carbocycles. The van der Waals surface area contributed by atoms with Crippen LogP contribution in [-0.4, -0.2) is 25.5 Å². The number of halogens is 1. The monoisotopic (exact) mass is 330 g/mol. The molecule has 1 unspecified atom stereocenters. The standard InChI is InChI=1S/C13H15ClN2O2S2/c1-13(5-2-6-19-13)9-16-20(17,18)12-4-3-10(8-15)7-11(12)14/h3-4,7,16H,2,5-6,9H2,1H3. The smallest absolute Gasteiger partial charge is 0.210 e. The van der Waals surface area contributed by atoms with Crippen molar-refractivity contribution < 1.29 is 8.42 Å². The van der Waals surface area contributed by atoms with Crippen LogP contribution in [0.2, 0.25) is 5.02 Å². The molecule has 108 valence electrons. The summed E-state index contributed by atoms with van der Waals surface area (Å²) >= 11 is 7.74. The first-order chi connectivity index (χ1) is 9.36. The van der Waals surface area contributed by atoms with Crippen LogP contribution in [0.5, 0.6) is 0 Å². The molecular weight excluding hydrogens is 316 g/mol. The van der Waals surface area contributed by atoms with E-state index in [4.69, 9.17) is 16.9 Å². The number of hydrogen-bond donors (Lipinski definition) is 1. The van der Waals surface area contributed by atoms with Crippen molar-refractivity contribution in [2.75, 3.05) is 12.3 Å². The van der Waals surface area contributed by atoms with Crippen LogP contribution < -0.4 is 4.72 Å². The summed E-state index contributed by atoms with van der Waals surface area (Å²) in [6, 6.07) is 6.11. The molecule has 0 radical (unpaired) electrons. The van der Waals surface area contributed by atoms with Gasteiger partial charge in [-0.3, -0.25) is 0 Å². The summed E-state index contributed by atoms with van der Waals surface area (Å²) in [5.74, 6) is 1.07. The Balaban J connectivity index is 2.16. The molecule has 0 bridgehead atoms. The summed E-state index contributed by atoms with van der Waals surface area (Å²) in [6.07, 6.45) is 2.11. The van der Waals surface area contributed by atoms with Gasteiger partial charge in [0.15, 0.2) is 0 Å². The van der Waals surface area contributed by atoms with Gasteiger partial charge in [-0.1, -0.05) is 11.6 Å². The summed E-state index contributed by atoms with van der Waals surface area (Å²) in [7, 11) is -3.65. The number of rotatable bonds is 4. The van der Waals surface area contributed by atoms with Crippen LogP contribution in [0.15, 0.2) is 23.1 Å². The van der Waals surface area contributed by atoms with Gasteiger partial charge in [-0.25, -0.2) is 13.1 Å². The molecule has 0 spiro atoms. The molecule has 0 amide bonds. The lowest BCUT2D eigenvalue weighted by atomic mass is 10.1. The number of hydrogen-bond acceptors (Lipinski definition) is 4. The number of benzene rings is 1. The van der Waals surface area contributed by atoms with Crippen LogP contribution >= 0.6 is 23.4 Å². The lowest BCUT2D eigenvalue weighted by Gasteiger charge is -2.22. The van der Waals surface area contributed by atoms with Crippen molar-refractivity contribution in [3.8, 4) is 6.07 Å². The predicted octanol–water partition coefficient (Wildman–Crippen LogP) is 2.78. The van der Waals surface area contributed by atoms with Crippen LogP contribution in [-0.2, 0) is 10.0 Å². The van der Waals surface area contributed by atoms with Gasteiger partial charge in [-0.2, -0.15) is 17.0 Å². The van der Waals surface area contributed by atoms with Crippen molar-refractivity contribution in [1.82, 2.24) is 4.72 Å². The average molecular weight is 331 g/mol. The highest BCUT2D eigenvalue weighted by Crippen LogP contribution is 2.37. The van der Waals surface area contributed by atoms with Crippen LogP contribution in [0.4, 0.5) is 0 Å². The molecule has 1 aliphatic rings. The van der Waals surface area contributed by atoms with E-state index in [0.717, 1.165) is 18.6 Å². The van der Waals surface area contributed by atoms with Crippen molar-refractivity contribution in [3.05, 3.63) is 28.8 Å². The second kappa shape index (κ2) is 5.94. The largest absolute Gasteiger partial charge is 0.242 e. The number of thioether (sulfide) groups is 1. The summed E-state index contributed by atoms with van der Waals surface area (Å²) < 4.78 is 27.1. The molecule has 4 nitrogen and oxygen atoms in total. The van der Waals surface area contributed by atoms with Crippen molar-refractivity contribution >= 4 is 33.4 Å². The first-order valence-electron chi connectivity index (χ1n) is 6.20. The van der Waals surface area contributed by atoms with Gasteiger partial charge in [0.25, 0.3) is 0 Å². The third kappa shape index (κ3) is 3.47. The van der Waals surface area contributed by atoms with E-state index in [1.165, 1.54) is 18.2 Å². The van der Waals surface area contributed by atoms with E-state index in [-0.39, 0.29) is 14.7 Å². The summed E-state index contributed by atoms with van der Waals surface area (Å²) in [5.41, 5.74) is 0.340. The second-order valence-electron chi connectivity index (χ2n) is 4.98. The lowest BCUT2D eigenvalue weighted by molar-refractivity contribution is 0.552. The van der Waals surface area contributed by atoms with Crippen molar-refractivity contribution in [3.63, 3.8) is 0 Å². The maximum Gasteiger partial charge on any atom is 0.242 e. The molecule has 1 N–H and O–H groups in total. The first kappa shape index (κ1) is 15.6. The zero-order chi connectivity index (χ0) is 14.8. The van der Waals surface area contributed by atoms with Crippen LogP contribution in [0, 0.1) is 11.3 Å². The molecule has 7 heteroatoms. The minimum absolute atomic E-state index is 0.0183. The molecule has 2 rings (SSSR count). The molecule has 1 saturated heterocycles. The van der Waals surface area contributed by atoms with Gasteiger partial charge in [-0.15, -0.1) is 0 Å². The van der Waals surface area contributed by atoms with E-state index >= 15 is 0 Å². The molecule has 1 fully saturated rings. The van der Waals surface area contributed by atoms with Gasteiger partial charge < -0.3 is 0 Å². The molecule has 1 atom stereocenters. The van der Waals surface area contributed by atoms with Gasteiger partial charge in [0.05, 0.1) is 16.7 Å². The van der Waals surface area contributed by atoms with E-state index < -0.39 is 10.0 Å². The Morgan fingerprint density at radius 3 is 2.85 bits per heavy atom. The highest BCUT2D eigenvalue weighted by Gasteiger charge is 2.31. The van der Waals surface area contributed by atoms with E-state index in [0.29, 0.717) is 12.1 Å². The van der Waals surface area contributed by atoms with E-state index in [9.17, 15) is 8.42 Å². The van der Waals surface area contributed by atoms with Crippen LogP contribution in [0.25, 0.3) is 0 Å². The molecule has 1 aliphatic heterocycles. The van der Waals surface area contributed by atoms with Crippen molar-refractivity contribution in [2.45, 2.75) is 29.4 Å². The van der Waals surface area contributed by atoms with E-state index in [1.807, 2.05) is 6.07 Å². The Morgan fingerprint density at radius 1 is 1.55 bits per heavy atom. The van der Waals surface area contributed by atoms with Gasteiger partial charge in [0.1, 0.15) is 4.90 Å². The molecule has 0 aliphatic carbocycles. The fraction of sp³-hybridized carbons (Fsp3) is 0.462. The molecule has 1 heterocycles. The van der Waals surface area contributed by atoms with Gasteiger partial charge in [0.2, 0.25) is 10.0 Å². The highest BCUT2D eigenvalue weighted by atomic mass is 35.5. The third-order valence-corrected chi connectivity index (χ3v) is 6.71. The van der Waals surface area contributed by atoms with Crippen LogP contribution in [0.1, 0.15) is 25.3 Å². The topological polar surface area (TPSA) is 70.0 Å². The Bertz CT molecular complexity index is 647. The summed E-state index contributed by atoms with van der Waals surface area (Å²) in [6.45, 7) is 2.45. The third-order valence-electron chi connectivity index (χ3n) is 3.29. The number of nitrogens with one attached hydrogen (secondary N) is 1. The second-order valence-corrected chi connectivity index (χ2v) is 8.81. The Hall–Kier alpha value is -0.740. The Kier molecular flexibility index (Phi) is 4.65. The predicted molar refractivity (Wildman–Crippen MR) is 81.5 cm³/mol. The number of sulfonamides is 1. The number of nitriles is 1. The molecular formula is C13H15ClN2O2S2. The minimum Gasteiger partial charge on any atom is -0.210 e. The van der Waals surface area contributed by atoms with Gasteiger partial charge in [-0.05, 0) is 43.7 Å². The molecule has 20 heavy (non-hydrogen) atoms. The van der Waals surface area contributed by atoms with E-state index in [1.54, 1.807) is 11.8 Å². The van der Waals surface area contributed by atoms with Gasteiger partial charge >= 0.3 is 0 Å². The van der Waals surface area contributed by atoms with Crippen molar-refractivity contribution in [2.24, 2.45) is 0 Å².